The Kier molecular flexibility index (Phi) is 5.13. The van der Waals surface area contributed by atoms with Crippen molar-refractivity contribution in [1.82, 2.24) is 15.2 Å². The maximum Gasteiger partial charge on any atom is 0.350 e. The molecule has 1 unspecified atom stereocenters. The first-order chi connectivity index (χ1) is 12.1. The van der Waals surface area contributed by atoms with E-state index in [1.54, 1.807) is 30.5 Å². The minimum Gasteiger partial charge on any atom is -0.350 e. The summed E-state index contributed by atoms with van der Waals surface area (Å²) in [6, 6.07) is 4.92. The second-order valence-electron chi connectivity index (χ2n) is 5.73. The number of rotatable bonds is 6. The Morgan fingerprint density at radius 3 is 2.92 bits per heavy atom. The summed E-state index contributed by atoms with van der Waals surface area (Å²) < 4.78 is 0. The molecule has 1 aromatic heterocycles. The van der Waals surface area contributed by atoms with Crippen LogP contribution in [0.4, 0.5) is 4.79 Å². The number of nitrogens with zero attached hydrogens (tertiary/aromatic N) is 3. The van der Waals surface area contributed by atoms with Gasteiger partial charge in [0.2, 0.25) is 11.8 Å². The van der Waals surface area contributed by atoms with E-state index in [9.17, 15) is 14.4 Å². The Labute approximate surface area is 145 Å². The molecule has 1 aromatic rings. The van der Waals surface area contributed by atoms with E-state index in [0.29, 0.717) is 18.7 Å². The summed E-state index contributed by atoms with van der Waals surface area (Å²) in [4.78, 5) is 45.4. The van der Waals surface area contributed by atoms with E-state index in [0.717, 1.165) is 10.6 Å². The molecule has 0 spiro atoms. The molecular weight excluding hydrogens is 320 g/mol. The van der Waals surface area contributed by atoms with Crippen LogP contribution in [-0.4, -0.2) is 40.0 Å². The van der Waals surface area contributed by atoms with E-state index in [2.05, 4.69) is 15.3 Å². The highest BCUT2D eigenvalue weighted by atomic mass is 16.2. The highest BCUT2D eigenvalue weighted by Crippen LogP contribution is 2.19. The first-order valence-corrected chi connectivity index (χ1v) is 8.10. The van der Waals surface area contributed by atoms with Crippen LogP contribution < -0.4 is 5.32 Å². The van der Waals surface area contributed by atoms with Gasteiger partial charge in [-0.1, -0.05) is 24.3 Å². The highest BCUT2D eigenvalue weighted by molar-refractivity contribution is 6.21. The van der Waals surface area contributed by atoms with E-state index in [1.165, 1.54) is 0 Å². The lowest BCUT2D eigenvalue weighted by Crippen LogP contribution is -2.46. The summed E-state index contributed by atoms with van der Waals surface area (Å²) in [7, 11) is 0. The van der Waals surface area contributed by atoms with E-state index in [4.69, 9.17) is 0 Å². The average molecular weight is 338 g/mol. The van der Waals surface area contributed by atoms with E-state index in [1.807, 2.05) is 18.2 Å². The van der Waals surface area contributed by atoms with Gasteiger partial charge in [0.1, 0.15) is 0 Å². The van der Waals surface area contributed by atoms with Gasteiger partial charge in [-0.2, -0.15) is 4.99 Å². The number of allylic oxidation sites excluding steroid dienone is 3. The number of hydrogen-bond acceptors (Lipinski definition) is 4. The summed E-state index contributed by atoms with van der Waals surface area (Å²) in [5, 5.41) is 2.77. The molecule has 0 aromatic carbocycles. The van der Waals surface area contributed by atoms with Gasteiger partial charge in [-0.25, -0.2) is 4.79 Å². The number of nitrogens with one attached hydrogen (secondary N) is 1. The van der Waals surface area contributed by atoms with Crippen LogP contribution in [0.5, 0.6) is 0 Å². The molecule has 7 heteroatoms. The molecule has 2 aliphatic rings. The molecule has 7 nitrogen and oxygen atoms in total. The summed E-state index contributed by atoms with van der Waals surface area (Å²) in [5.74, 6) is -0.933. The smallest absolute Gasteiger partial charge is 0.350 e. The Hall–Kier alpha value is -3.09. The number of urea groups is 1. The lowest BCUT2D eigenvalue weighted by Gasteiger charge is -2.28. The van der Waals surface area contributed by atoms with Crippen molar-refractivity contribution in [3.63, 3.8) is 0 Å². The maximum absolute atomic E-state index is 12.4. The summed E-state index contributed by atoms with van der Waals surface area (Å²) in [6.07, 6.45) is 9.18. The van der Waals surface area contributed by atoms with Crippen LogP contribution in [0.15, 0.2) is 53.7 Å². The number of imide groups is 1. The van der Waals surface area contributed by atoms with Crippen molar-refractivity contribution in [3.8, 4) is 0 Å². The number of aliphatic imine (C=N–C) groups is 1. The zero-order valence-corrected chi connectivity index (χ0v) is 13.6. The first-order valence-electron chi connectivity index (χ1n) is 8.10. The molecular formula is C18H18N4O3. The minimum atomic E-state index is -0.565. The summed E-state index contributed by atoms with van der Waals surface area (Å²) >= 11 is 0. The maximum atomic E-state index is 12.4. The molecule has 128 valence electrons. The van der Waals surface area contributed by atoms with Crippen molar-refractivity contribution in [2.75, 3.05) is 6.54 Å². The SMILES string of the molecule is O=C(CCCN1C(=O)N=C2C=CC=CC2C1=O)NCc1ccccn1. The zero-order valence-electron chi connectivity index (χ0n) is 13.6. The standard InChI is InChI=1S/C18H18N4O3/c23-16(20-12-13-6-3-4-10-19-13)9-5-11-22-17(24)14-7-1-2-8-15(14)21-18(22)25/h1-4,6-8,10,14H,5,9,11-12H2,(H,20,23). The molecule has 1 N–H and O–H groups in total. The fourth-order valence-corrected chi connectivity index (χ4v) is 2.66. The molecule has 3 rings (SSSR count). The van der Waals surface area contributed by atoms with Gasteiger partial charge in [0.15, 0.2) is 0 Å². The van der Waals surface area contributed by atoms with Gasteiger partial charge in [0, 0.05) is 19.2 Å². The van der Waals surface area contributed by atoms with E-state index < -0.39 is 11.9 Å². The van der Waals surface area contributed by atoms with Crippen LogP contribution in [0.25, 0.3) is 0 Å². The summed E-state index contributed by atoms with van der Waals surface area (Å²) in [6.45, 7) is 0.535. The van der Waals surface area contributed by atoms with Crippen molar-refractivity contribution < 1.29 is 14.4 Å². The average Bonchev–Trinajstić information content (AvgIpc) is 2.63. The molecule has 4 amide bonds. The van der Waals surface area contributed by atoms with Crippen LogP contribution in [0.2, 0.25) is 0 Å². The second kappa shape index (κ2) is 7.65. The number of pyridine rings is 1. The van der Waals surface area contributed by atoms with Gasteiger partial charge in [-0.15, -0.1) is 0 Å². The van der Waals surface area contributed by atoms with Gasteiger partial charge in [-0.05, 0) is 24.6 Å². The van der Waals surface area contributed by atoms with Gasteiger partial charge < -0.3 is 5.32 Å². The fraction of sp³-hybridized carbons (Fsp3) is 0.278. The molecule has 1 atom stereocenters. The molecule has 0 bridgehead atoms. The largest absolute Gasteiger partial charge is 0.350 e. The number of carbonyl (C=O) groups excluding carboxylic acids is 3. The quantitative estimate of drug-likeness (QED) is 0.853. The van der Waals surface area contributed by atoms with Crippen molar-refractivity contribution in [3.05, 3.63) is 54.4 Å². The fourth-order valence-electron chi connectivity index (χ4n) is 2.66. The lowest BCUT2D eigenvalue weighted by atomic mass is 9.95. The number of amides is 4. The zero-order chi connectivity index (χ0) is 17.6. The van der Waals surface area contributed by atoms with Crippen molar-refractivity contribution in [2.45, 2.75) is 19.4 Å². The third kappa shape index (κ3) is 4.06. The molecule has 0 saturated heterocycles. The Balaban J connectivity index is 1.47. The molecule has 2 heterocycles. The number of hydrogen-bond donors (Lipinski definition) is 1. The van der Waals surface area contributed by atoms with E-state index in [-0.39, 0.29) is 24.8 Å². The van der Waals surface area contributed by atoms with Crippen LogP contribution in [0.1, 0.15) is 18.5 Å². The van der Waals surface area contributed by atoms with Crippen molar-refractivity contribution in [2.24, 2.45) is 10.9 Å². The lowest BCUT2D eigenvalue weighted by molar-refractivity contribution is -0.130. The predicted molar refractivity (Wildman–Crippen MR) is 91.6 cm³/mol. The molecule has 1 aliphatic heterocycles. The van der Waals surface area contributed by atoms with Gasteiger partial charge in [0.25, 0.3) is 0 Å². The second-order valence-corrected chi connectivity index (χ2v) is 5.73. The van der Waals surface area contributed by atoms with Gasteiger partial charge >= 0.3 is 6.03 Å². The molecule has 0 fully saturated rings. The van der Waals surface area contributed by atoms with Gasteiger partial charge in [-0.3, -0.25) is 19.5 Å². The molecule has 0 radical (unpaired) electrons. The number of fused-ring (bicyclic) bond motifs is 1. The Morgan fingerprint density at radius 1 is 1.24 bits per heavy atom. The third-order valence-electron chi connectivity index (χ3n) is 3.97. The van der Waals surface area contributed by atoms with Gasteiger partial charge in [0.05, 0.1) is 23.9 Å². The predicted octanol–water partition coefficient (Wildman–Crippen LogP) is 1.62. The summed E-state index contributed by atoms with van der Waals surface area (Å²) in [5.41, 5.74) is 1.25. The van der Waals surface area contributed by atoms with Crippen molar-refractivity contribution >= 4 is 23.6 Å². The van der Waals surface area contributed by atoms with Crippen LogP contribution >= 0.6 is 0 Å². The molecule has 25 heavy (non-hydrogen) atoms. The number of aromatic nitrogens is 1. The molecule has 0 saturated carbocycles. The normalized spacial score (nSPS) is 18.8. The van der Waals surface area contributed by atoms with Crippen LogP contribution in [0.3, 0.4) is 0 Å². The third-order valence-corrected chi connectivity index (χ3v) is 3.97. The van der Waals surface area contributed by atoms with Crippen LogP contribution in [0, 0.1) is 5.92 Å². The van der Waals surface area contributed by atoms with E-state index >= 15 is 0 Å². The topological polar surface area (TPSA) is 91.7 Å². The highest BCUT2D eigenvalue weighted by Gasteiger charge is 2.35. The monoisotopic (exact) mass is 338 g/mol. The number of carbonyl (C=O) groups is 3. The van der Waals surface area contributed by atoms with Crippen molar-refractivity contribution in [1.29, 1.82) is 0 Å². The first kappa shape index (κ1) is 16.8. The van der Waals surface area contributed by atoms with Crippen LogP contribution in [-0.2, 0) is 16.1 Å². The minimum absolute atomic E-state index is 0.146. The Morgan fingerprint density at radius 2 is 2.12 bits per heavy atom. The molecule has 1 aliphatic carbocycles. The Bertz CT molecular complexity index is 768.